The van der Waals surface area contributed by atoms with Gasteiger partial charge < -0.3 is 20.4 Å². The average molecular weight is 250 g/mol. The third kappa shape index (κ3) is 2.37. The highest BCUT2D eigenvalue weighted by molar-refractivity contribution is 5.62. The molecule has 0 aliphatic heterocycles. The molecule has 0 fully saturated rings. The highest BCUT2D eigenvalue weighted by Crippen LogP contribution is 2.28. The normalized spacial score (nSPS) is 10.4. The minimum Gasteiger partial charge on any atom is -0.495 e. The van der Waals surface area contributed by atoms with Crippen molar-refractivity contribution in [2.24, 2.45) is 7.05 Å². The Bertz CT molecular complexity index is 553. The Morgan fingerprint density at radius 3 is 2.89 bits per heavy atom. The molecule has 0 unspecified atom stereocenters. The first-order valence-corrected chi connectivity index (χ1v) is 5.45. The summed E-state index contributed by atoms with van der Waals surface area (Å²) in [6.45, 7) is 0.424. The number of halogens is 1. The topological polar surface area (TPSA) is 65.1 Å². The van der Waals surface area contributed by atoms with Gasteiger partial charge in [0.2, 0.25) is 0 Å². The van der Waals surface area contributed by atoms with Crippen molar-refractivity contribution in [3.8, 4) is 5.75 Å². The fourth-order valence-electron chi connectivity index (χ4n) is 1.62. The second-order valence-corrected chi connectivity index (χ2v) is 3.88. The van der Waals surface area contributed by atoms with E-state index < -0.39 is 5.82 Å². The first-order chi connectivity index (χ1) is 8.61. The molecule has 0 aliphatic rings. The number of aryl methyl sites for hydroxylation is 1. The van der Waals surface area contributed by atoms with Gasteiger partial charge in [-0.25, -0.2) is 9.37 Å². The Morgan fingerprint density at radius 2 is 2.28 bits per heavy atom. The summed E-state index contributed by atoms with van der Waals surface area (Å²) < 4.78 is 20.6. The minimum absolute atomic E-state index is 0.276. The maximum Gasteiger partial charge on any atom is 0.148 e. The van der Waals surface area contributed by atoms with Crippen molar-refractivity contribution >= 4 is 11.4 Å². The van der Waals surface area contributed by atoms with Gasteiger partial charge in [0.05, 0.1) is 25.0 Å². The van der Waals surface area contributed by atoms with Crippen molar-refractivity contribution in [3.05, 3.63) is 36.2 Å². The Morgan fingerprint density at radius 1 is 1.50 bits per heavy atom. The summed E-state index contributed by atoms with van der Waals surface area (Å²) in [5.41, 5.74) is 6.22. The Balaban J connectivity index is 2.16. The van der Waals surface area contributed by atoms with Gasteiger partial charge in [-0.3, -0.25) is 0 Å². The molecular weight excluding hydrogens is 235 g/mol. The van der Waals surface area contributed by atoms with Gasteiger partial charge in [-0.15, -0.1) is 0 Å². The van der Waals surface area contributed by atoms with E-state index >= 15 is 0 Å². The maximum absolute atomic E-state index is 13.7. The van der Waals surface area contributed by atoms with Gasteiger partial charge in [0.15, 0.2) is 0 Å². The van der Waals surface area contributed by atoms with Crippen LogP contribution in [0.25, 0.3) is 0 Å². The predicted molar refractivity (Wildman–Crippen MR) is 67.9 cm³/mol. The van der Waals surface area contributed by atoms with Gasteiger partial charge in [0.1, 0.15) is 17.4 Å². The number of rotatable bonds is 4. The van der Waals surface area contributed by atoms with E-state index in [1.54, 1.807) is 6.20 Å². The van der Waals surface area contributed by atoms with E-state index in [1.807, 2.05) is 17.8 Å². The van der Waals surface area contributed by atoms with Crippen LogP contribution < -0.4 is 15.8 Å². The van der Waals surface area contributed by atoms with E-state index in [0.29, 0.717) is 18.0 Å². The molecule has 3 N–H and O–H groups in total. The second kappa shape index (κ2) is 4.95. The fraction of sp³-hybridized carbons (Fsp3) is 0.250. The molecule has 2 aromatic rings. The Labute approximate surface area is 104 Å². The van der Waals surface area contributed by atoms with Crippen LogP contribution in [-0.4, -0.2) is 16.7 Å². The molecule has 96 valence electrons. The molecule has 0 radical (unpaired) electrons. The largest absolute Gasteiger partial charge is 0.495 e. The van der Waals surface area contributed by atoms with E-state index in [1.165, 1.54) is 19.2 Å². The van der Waals surface area contributed by atoms with E-state index in [0.717, 1.165) is 5.82 Å². The zero-order valence-electron chi connectivity index (χ0n) is 10.3. The Hall–Kier alpha value is -2.24. The SMILES string of the molecule is COc1cc(NCc2nccn2C)c(F)cc1N. The number of hydrogen-bond acceptors (Lipinski definition) is 4. The molecule has 0 aliphatic carbocycles. The first-order valence-electron chi connectivity index (χ1n) is 5.45. The van der Waals surface area contributed by atoms with E-state index in [-0.39, 0.29) is 5.69 Å². The number of nitrogens with one attached hydrogen (secondary N) is 1. The monoisotopic (exact) mass is 250 g/mol. The number of nitrogens with zero attached hydrogens (tertiary/aromatic N) is 2. The number of ether oxygens (including phenoxy) is 1. The van der Waals surface area contributed by atoms with Gasteiger partial charge in [-0.05, 0) is 0 Å². The number of benzene rings is 1. The van der Waals surface area contributed by atoms with Crippen LogP contribution in [0.1, 0.15) is 5.82 Å². The first kappa shape index (κ1) is 12.2. The lowest BCUT2D eigenvalue weighted by Gasteiger charge is -2.11. The molecule has 5 nitrogen and oxygen atoms in total. The number of hydrogen-bond donors (Lipinski definition) is 2. The minimum atomic E-state index is -0.414. The second-order valence-electron chi connectivity index (χ2n) is 3.88. The predicted octanol–water partition coefficient (Wildman–Crippen LogP) is 1.76. The molecule has 2 rings (SSSR count). The standard InChI is InChI=1S/C12H15FN4O/c1-17-4-3-15-12(17)7-16-10-6-11(18-2)9(14)5-8(10)13/h3-6,16H,7,14H2,1-2H3. The smallest absolute Gasteiger partial charge is 0.148 e. The average Bonchev–Trinajstić information content (AvgIpc) is 2.74. The summed E-state index contributed by atoms with van der Waals surface area (Å²) in [4.78, 5) is 4.14. The van der Waals surface area contributed by atoms with Crippen molar-refractivity contribution in [1.82, 2.24) is 9.55 Å². The number of methoxy groups -OCH3 is 1. The van der Waals surface area contributed by atoms with Crippen LogP contribution in [0, 0.1) is 5.82 Å². The van der Waals surface area contributed by atoms with Gasteiger partial charge in [-0.1, -0.05) is 0 Å². The third-order valence-electron chi connectivity index (χ3n) is 2.68. The summed E-state index contributed by atoms with van der Waals surface area (Å²) in [6, 6.07) is 2.77. The zero-order valence-corrected chi connectivity index (χ0v) is 10.3. The number of imidazole rings is 1. The summed E-state index contributed by atoms with van der Waals surface area (Å²) >= 11 is 0. The lowest BCUT2D eigenvalue weighted by molar-refractivity contribution is 0.416. The number of nitrogen functional groups attached to an aromatic ring is 1. The van der Waals surface area contributed by atoms with Crippen molar-refractivity contribution in [3.63, 3.8) is 0 Å². The number of aromatic nitrogens is 2. The Kier molecular flexibility index (Phi) is 3.36. The van der Waals surface area contributed by atoms with Crippen LogP contribution in [0.2, 0.25) is 0 Å². The van der Waals surface area contributed by atoms with Crippen LogP contribution in [-0.2, 0) is 13.6 Å². The summed E-state index contributed by atoms with van der Waals surface area (Å²) in [6.07, 6.45) is 3.52. The number of nitrogens with two attached hydrogens (primary N) is 1. The number of anilines is 2. The molecule has 18 heavy (non-hydrogen) atoms. The van der Waals surface area contributed by atoms with Gasteiger partial charge in [-0.2, -0.15) is 0 Å². The summed E-state index contributed by atoms with van der Waals surface area (Å²) in [5.74, 6) is 0.839. The molecule has 6 heteroatoms. The fourth-order valence-corrected chi connectivity index (χ4v) is 1.62. The van der Waals surface area contributed by atoms with Gasteiger partial charge in [0.25, 0.3) is 0 Å². The molecule has 0 amide bonds. The third-order valence-corrected chi connectivity index (χ3v) is 2.68. The zero-order chi connectivity index (χ0) is 13.1. The highest BCUT2D eigenvalue weighted by atomic mass is 19.1. The molecule has 0 saturated carbocycles. The highest BCUT2D eigenvalue weighted by Gasteiger charge is 2.09. The van der Waals surface area contributed by atoms with E-state index in [2.05, 4.69) is 10.3 Å². The molecule has 0 spiro atoms. The summed E-state index contributed by atoms with van der Waals surface area (Å²) in [7, 11) is 3.37. The van der Waals surface area contributed by atoms with Crippen LogP contribution in [0.15, 0.2) is 24.5 Å². The molecule has 0 bridgehead atoms. The van der Waals surface area contributed by atoms with Crippen molar-refractivity contribution in [2.45, 2.75) is 6.54 Å². The molecule has 1 aromatic heterocycles. The van der Waals surface area contributed by atoms with Crippen LogP contribution in [0.4, 0.5) is 15.8 Å². The molecule has 1 aromatic carbocycles. The van der Waals surface area contributed by atoms with Crippen LogP contribution in [0.5, 0.6) is 5.75 Å². The molecule has 0 atom stereocenters. The van der Waals surface area contributed by atoms with Crippen molar-refractivity contribution in [1.29, 1.82) is 0 Å². The molecule has 1 heterocycles. The summed E-state index contributed by atoms with van der Waals surface area (Å²) in [5, 5.41) is 2.96. The van der Waals surface area contributed by atoms with Gasteiger partial charge >= 0.3 is 0 Å². The lowest BCUT2D eigenvalue weighted by Crippen LogP contribution is -2.07. The van der Waals surface area contributed by atoms with Crippen LogP contribution >= 0.6 is 0 Å². The van der Waals surface area contributed by atoms with Crippen molar-refractivity contribution < 1.29 is 9.13 Å². The lowest BCUT2D eigenvalue weighted by atomic mass is 10.2. The quantitative estimate of drug-likeness (QED) is 0.811. The van der Waals surface area contributed by atoms with E-state index in [9.17, 15) is 4.39 Å². The maximum atomic E-state index is 13.7. The molecule has 0 saturated heterocycles. The van der Waals surface area contributed by atoms with Gasteiger partial charge in [0, 0.05) is 31.6 Å². The molecular formula is C12H15FN4O. The van der Waals surface area contributed by atoms with Crippen LogP contribution in [0.3, 0.4) is 0 Å². The van der Waals surface area contributed by atoms with E-state index in [4.69, 9.17) is 10.5 Å². The van der Waals surface area contributed by atoms with Crippen molar-refractivity contribution in [2.75, 3.05) is 18.2 Å².